The molecule has 3 heterocycles. The van der Waals surface area contributed by atoms with E-state index in [4.69, 9.17) is 33.2 Å². The number of nitro groups is 1. The molecule has 11 unspecified atom stereocenters. The number of hydrogen-bond donors (Lipinski definition) is 15. The van der Waals surface area contributed by atoms with Gasteiger partial charge in [0.15, 0.2) is 25.2 Å². The summed E-state index contributed by atoms with van der Waals surface area (Å²) in [5, 5.41) is 144. The van der Waals surface area contributed by atoms with Crippen molar-refractivity contribution in [3.63, 3.8) is 0 Å². The van der Waals surface area contributed by atoms with E-state index in [-0.39, 0.29) is 30.6 Å². The van der Waals surface area contributed by atoms with Crippen LogP contribution in [0.3, 0.4) is 0 Å². The lowest BCUT2D eigenvalue weighted by atomic mass is 9.90. The molecule has 0 aromatic rings. The van der Waals surface area contributed by atoms with Gasteiger partial charge in [0.05, 0.1) is 32.0 Å². The molecule has 0 spiro atoms. The lowest BCUT2D eigenvalue weighted by molar-refractivity contribution is -0.527. The second-order valence-corrected chi connectivity index (χ2v) is 16.5. The van der Waals surface area contributed by atoms with Crippen molar-refractivity contribution in [1.82, 2.24) is 16.0 Å². The maximum absolute atomic E-state index is 12.7. The first kappa shape index (κ1) is 53.6. The van der Waals surface area contributed by atoms with Gasteiger partial charge in [-0.3, -0.25) is 26.1 Å². The number of carbonyl (C=O) groups is 1. The van der Waals surface area contributed by atoms with E-state index in [1.54, 1.807) is 0 Å². The Hall–Kier alpha value is -1.97. The molecule has 18 atom stereocenters. The molecule has 1 saturated carbocycles. The van der Waals surface area contributed by atoms with Gasteiger partial charge < -0.3 is 94.4 Å². The van der Waals surface area contributed by atoms with Crippen LogP contribution in [0, 0.1) is 10.1 Å². The third kappa shape index (κ3) is 15.3. The molecule has 4 rings (SSSR count). The molecule has 15 N–H and O–H groups in total. The van der Waals surface area contributed by atoms with Crippen molar-refractivity contribution < 1.29 is 104 Å². The Balaban J connectivity index is 1.27. The van der Waals surface area contributed by atoms with Crippen molar-refractivity contribution in [1.29, 1.82) is 0 Å². The molecule has 4 fully saturated rings. The lowest BCUT2D eigenvalue weighted by Gasteiger charge is -2.48. The maximum atomic E-state index is 12.7. The molecular formula is C37H68N4O22. The predicted octanol–water partition coefficient (Wildman–Crippen LogP) is -5.45. The number of ether oxygens (including phenoxy) is 7. The van der Waals surface area contributed by atoms with E-state index in [0.29, 0.717) is 51.4 Å². The first-order valence-electron chi connectivity index (χ1n) is 21.4. The van der Waals surface area contributed by atoms with Gasteiger partial charge in [0, 0.05) is 36.8 Å². The Morgan fingerprint density at radius 3 is 2.14 bits per heavy atom. The number of carboxylic acids is 1. The van der Waals surface area contributed by atoms with Gasteiger partial charge in [0.25, 0.3) is 5.79 Å². The van der Waals surface area contributed by atoms with Crippen LogP contribution in [-0.2, 0) is 38.0 Å². The van der Waals surface area contributed by atoms with E-state index in [1.165, 1.54) is 13.8 Å². The number of aliphatic carboxylic acids is 1. The zero-order valence-corrected chi connectivity index (χ0v) is 35.3. The normalized spacial score (nSPS) is 38.3. The first-order valence-corrected chi connectivity index (χ1v) is 21.4. The van der Waals surface area contributed by atoms with Gasteiger partial charge in [-0.05, 0) is 58.8 Å². The molecule has 0 aromatic carbocycles. The van der Waals surface area contributed by atoms with E-state index in [0.717, 1.165) is 0 Å². The van der Waals surface area contributed by atoms with Gasteiger partial charge in [-0.2, -0.15) is 0 Å². The van der Waals surface area contributed by atoms with Crippen LogP contribution < -0.4 is 16.0 Å². The average Bonchev–Trinajstić information content (AvgIpc) is 3.23. The minimum atomic E-state index is -2.73. The van der Waals surface area contributed by atoms with Gasteiger partial charge >= 0.3 is 5.97 Å². The molecule has 63 heavy (non-hydrogen) atoms. The van der Waals surface area contributed by atoms with E-state index < -0.39 is 142 Å². The topological polar surface area (TPSA) is 404 Å². The van der Waals surface area contributed by atoms with Crippen LogP contribution in [0.15, 0.2) is 0 Å². The van der Waals surface area contributed by atoms with Gasteiger partial charge in [-0.25, -0.2) is 4.79 Å². The molecule has 0 aromatic heterocycles. The van der Waals surface area contributed by atoms with Crippen LogP contribution in [0.4, 0.5) is 0 Å². The summed E-state index contributed by atoms with van der Waals surface area (Å²) in [6.45, 7) is 1.42. The Labute approximate surface area is 363 Å². The van der Waals surface area contributed by atoms with Gasteiger partial charge in [-0.1, -0.05) is 0 Å². The smallest absolute Gasteiger partial charge is 0.364 e. The predicted molar refractivity (Wildman–Crippen MR) is 208 cm³/mol. The van der Waals surface area contributed by atoms with E-state index in [9.17, 15) is 76.2 Å². The van der Waals surface area contributed by atoms with Gasteiger partial charge in [-0.15, -0.1) is 0 Å². The Morgan fingerprint density at radius 1 is 0.873 bits per heavy atom. The molecular weight excluding hydrogens is 852 g/mol. The maximum Gasteiger partial charge on any atom is 0.364 e. The van der Waals surface area contributed by atoms with Crippen molar-refractivity contribution in [2.24, 2.45) is 0 Å². The van der Waals surface area contributed by atoms with Crippen molar-refractivity contribution in [2.75, 3.05) is 26.4 Å². The number of aliphatic hydroxyl groups is 11. The number of hydrogen-bond acceptors (Lipinski definition) is 24. The molecule has 26 heteroatoms. The zero-order valence-electron chi connectivity index (χ0n) is 35.3. The Bertz CT molecular complexity index is 1370. The molecule has 0 amide bonds. The molecule has 3 aliphatic heterocycles. The molecule has 1 aliphatic carbocycles. The second kappa shape index (κ2) is 25.2. The SMILES string of the molecule is CC(O)N[C@@H]1CC[C@](OC2O[C@@H](O[C@@H]3CO[C@@H](OCCNC(O)CCCCC(O)OC4CCC([N+](=O)[O-])CC4)C(N[C@@H](C)O)C3O)C(O)C(O)[C@H]2O)(C(=O)O)OC1C(O)C(O)CO. The molecule has 3 saturated heterocycles. The quantitative estimate of drug-likeness (QED) is 0.0176. The van der Waals surface area contributed by atoms with E-state index >= 15 is 0 Å². The highest BCUT2D eigenvalue weighted by atomic mass is 16.8. The summed E-state index contributed by atoms with van der Waals surface area (Å²) in [6, 6.07) is -2.73. The summed E-state index contributed by atoms with van der Waals surface area (Å²) in [7, 11) is 0. The van der Waals surface area contributed by atoms with Crippen LogP contribution in [0.2, 0.25) is 0 Å². The minimum absolute atomic E-state index is 0.0448. The summed E-state index contributed by atoms with van der Waals surface area (Å²) >= 11 is 0. The Morgan fingerprint density at radius 2 is 1.52 bits per heavy atom. The third-order valence-corrected chi connectivity index (χ3v) is 11.5. The third-order valence-electron chi connectivity index (χ3n) is 11.5. The summed E-state index contributed by atoms with van der Waals surface area (Å²) in [5.41, 5.74) is 0. The zero-order chi connectivity index (χ0) is 46.6. The lowest BCUT2D eigenvalue weighted by Crippen LogP contribution is -2.67. The van der Waals surface area contributed by atoms with Crippen molar-refractivity contribution in [3.05, 3.63) is 10.1 Å². The number of nitrogens with zero attached hydrogens (tertiary/aromatic N) is 1. The summed E-state index contributed by atoms with van der Waals surface area (Å²) in [5.74, 6) is -4.51. The highest BCUT2D eigenvalue weighted by molar-refractivity contribution is 5.76. The number of nitrogens with one attached hydrogen (secondary N) is 3. The van der Waals surface area contributed by atoms with Crippen LogP contribution in [0.1, 0.15) is 78.1 Å². The monoisotopic (exact) mass is 920 g/mol. The molecule has 26 nitrogen and oxygen atoms in total. The van der Waals surface area contributed by atoms with E-state index in [2.05, 4.69) is 16.0 Å². The average molecular weight is 921 g/mol. The van der Waals surface area contributed by atoms with Crippen LogP contribution in [0.25, 0.3) is 0 Å². The highest BCUT2D eigenvalue weighted by Gasteiger charge is 2.57. The number of aliphatic hydroxyl groups excluding tert-OH is 11. The number of rotatable bonds is 25. The second-order valence-electron chi connectivity index (χ2n) is 16.5. The highest BCUT2D eigenvalue weighted by Crippen LogP contribution is 2.37. The first-order chi connectivity index (χ1) is 29.8. The fourth-order valence-electron chi connectivity index (χ4n) is 8.03. The number of unbranched alkanes of at least 4 members (excludes halogenated alkanes) is 1. The van der Waals surface area contributed by atoms with Crippen LogP contribution in [-0.4, -0.2) is 221 Å². The largest absolute Gasteiger partial charge is 0.477 e. The molecule has 0 bridgehead atoms. The van der Waals surface area contributed by atoms with Crippen LogP contribution >= 0.6 is 0 Å². The van der Waals surface area contributed by atoms with E-state index in [1.807, 2.05) is 0 Å². The standard InChI is InChI=1S/C37H68N4O22/c1-17(43)39-21-11-12-37(36(53)54,62-32(21)27(48)22(45)15-42)63-35-31(52)29(50)30(51)34(61-35)60-23-16-58-33(26(28(23)49)40-18(2)44)57-14-13-38-24(46)5-3-4-6-25(47)59-20-9-7-19(8-10-20)41(55)56/h17-35,38-40,42-52H,3-16H2,1-2H3,(H,53,54)/t17?,18-,19?,20?,21-,22?,23-,24?,25?,26?,27?,28?,29?,30?,31-,32?,33-,34-,35?,37+/m1/s1. The van der Waals surface area contributed by atoms with Gasteiger partial charge in [0.2, 0.25) is 6.04 Å². The summed E-state index contributed by atoms with van der Waals surface area (Å²) in [4.78, 5) is 23.3. The molecule has 4 aliphatic rings. The van der Waals surface area contributed by atoms with Crippen molar-refractivity contribution in [3.8, 4) is 0 Å². The Kier molecular flexibility index (Phi) is 21.5. The fraction of sp³-hybridized carbons (Fsp3) is 0.973. The summed E-state index contributed by atoms with van der Waals surface area (Å²) in [6.07, 6.45) is -21.3. The van der Waals surface area contributed by atoms with Gasteiger partial charge in [0.1, 0.15) is 67.5 Å². The molecule has 0 radical (unpaired) electrons. The molecule has 368 valence electrons. The minimum Gasteiger partial charge on any atom is -0.477 e. The summed E-state index contributed by atoms with van der Waals surface area (Å²) < 4.78 is 39.9. The van der Waals surface area contributed by atoms with Crippen LogP contribution in [0.5, 0.6) is 0 Å². The van der Waals surface area contributed by atoms with Crippen molar-refractivity contribution >= 4 is 5.97 Å². The fourth-order valence-corrected chi connectivity index (χ4v) is 8.03. The number of carboxylic acid groups (broad SMARTS) is 1. The van der Waals surface area contributed by atoms with Crippen molar-refractivity contribution in [2.45, 2.75) is 201 Å².